The van der Waals surface area contributed by atoms with Crippen molar-refractivity contribution in [3.05, 3.63) is 16.6 Å². The molecule has 0 saturated carbocycles. The van der Waals surface area contributed by atoms with E-state index in [1.54, 1.807) is 11.7 Å². The van der Waals surface area contributed by atoms with Crippen LogP contribution in [0.5, 0.6) is 0 Å². The monoisotopic (exact) mass is 236 g/mol. The predicted molar refractivity (Wildman–Crippen MR) is 63.7 cm³/mol. The van der Waals surface area contributed by atoms with Crippen LogP contribution in [-0.4, -0.2) is 37.4 Å². The van der Waals surface area contributed by atoms with Crippen LogP contribution in [0.1, 0.15) is 13.8 Å². The van der Waals surface area contributed by atoms with Crippen molar-refractivity contribution in [2.45, 2.75) is 26.4 Å². The average Bonchev–Trinajstić information content (AvgIpc) is 2.66. The van der Waals surface area contributed by atoms with Crippen molar-refractivity contribution >= 4 is 11.0 Å². The van der Waals surface area contributed by atoms with E-state index in [4.69, 9.17) is 0 Å². The standard InChI is InChI=1S/C10H16N6O/c1-4-11-7(2)6-16-10(17)8-5-12-15(3)9(8)13-14-16/h5,7,11H,4,6H2,1-3H3. The van der Waals surface area contributed by atoms with Crippen LogP contribution in [-0.2, 0) is 13.6 Å². The Morgan fingerprint density at radius 3 is 3.00 bits per heavy atom. The Morgan fingerprint density at radius 2 is 2.29 bits per heavy atom. The van der Waals surface area contributed by atoms with E-state index in [1.165, 1.54) is 10.9 Å². The average molecular weight is 236 g/mol. The summed E-state index contributed by atoms with van der Waals surface area (Å²) in [4.78, 5) is 12.1. The summed E-state index contributed by atoms with van der Waals surface area (Å²) in [5.41, 5.74) is 0.371. The van der Waals surface area contributed by atoms with Crippen LogP contribution in [0.3, 0.4) is 0 Å². The smallest absolute Gasteiger partial charge is 0.280 e. The quantitative estimate of drug-likeness (QED) is 0.776. The number of hydrogen-bond donors (Lipinski definition) is 1. The summed E-state index contributed by atoms with van der Waals surface area (Å²) >= 11 is 0. The third-order valence-electron chi connectivity index (χ3n) is 2.62. The van der Waals surface area contributed by atoms with E-state index in [-0.39, 0.29) is 11.6 Å². The van der Waals surface area contributed by atoms with E-state index in [1.807, 2.05) is 13.8 Å². The molecule has 0 bridgehead atoms. The summed E-state index contributed by atoms with van der Waals surface area (Å²) in [5, 5.41) is 15.6. The van der Waals surface area contributed by atoms with Gasteiger partial charge in [-0.25, -0.2) is 9.36 Å². The lowest BCUT2D eigenvalue weighted by molar-refractivity contribution is 0.435. The Labute approximate surface area is 98.4 Å². The second-order valence-electron chi connectivity index (χ2n) is 4.04. The fourth-order valence-electron chi connectivity index (χ4n) is 1.77. The van der Waals surface area contributed by atoms with Crippen molar-refractivity contribution < 1.29 is 0 Å². The van der Waals surface area contributed by atoms with Crippen LogP contribution >= 0.6 is 0 Å². The molecule has 2 aromatic heterocycles. The van der Waals surface area contributed by atoms with E-state index < -0.39 is 0 Å². The molecule has 1 N–H and O–H groups in total. The SMILES string of the molecule is CCNC(C)Cn1nnc2c(cnn2C)c1=O. The Kier molecular flexibility index (Phi) is 3.19. The first-order valence-electron chi connectivity index (χ1n) is 5.62. The molecule has 0 aliphatic carbocycles. The zero-order valence-electron chi connectivity index (χ0n) is 10.2. The van der Waals surface area contributed by atoms with Gasteiger partial charge in [0.15, 0.2) is 5.65 Å². The fourth-order valence-corrected chi connectivity index (χ4v) is 1.77. The van der Waals surface area contributed by atoms with Crippen molar-refractivity contribution in [1.82, 2.24) is 30.1 Å². The summed E-state index contributed by atoms with van der Waals surface area (Å²) in [6, 6.07) is 0.182. The van der Waals surface area contributed by atoms with Gasteiger partial charge in [-0.05, 0) is 13.5 Å². The lowest BCUT2D eigenvalue weighted by Crippen LogP contribution is -2.35. The van der Waals surface area contributed by atoms with Crippen LogP contribution in [0.25, 0.3) is 11.0 Å². The molecular weight excluding hydrogens is 220 g/mol. The van der Waals surface area contributed by atoms with Gasteiger partial charge in [-0.1, -0.05) is 12.1 Å². The van der Waals surface area contributed by atoms with Crippen molar-refractivity contribution in [2.75, 3.05) is 6.54 Å². The summed E-state index contributed by atoms with van der Waals surface area (Å²) in [6.45, 7) is 5.39. The second-order valence-corrected chi connectivity index (χ2v) is 4.04. The minimum Gasteiger partial charge on any atom is -0.313 e. The molecule has 1 unspecified atom stereocenters. The molecule has 0 aliphatic rings. The van der Waals surface area contributed by atoms with Gasteiger partial charge < -0.3 is 5.32 Å². The molecule has 0 radical (unpaired) electrons. The van der Waals surface area contributed by atoms with E-state index in [2.05, 4.69) is 20.7 Å². The lowest BCUT2D eigenvalue weighted by atomic mass is 10.3. The highest BCUT2D eigenvalue weighted by molar-refractivity contribution is 5.72. The zero-order valence-corrected chi connectivity index (χ0v) is 10.2. The first-order valence-corrected chi connectivity index (χ1v) is 5.62. The maximum atomic E-state index is 12.1. The zero-order chi connectivity index (χ0) is 12.4. The molecule has 17 heavy (non-hydrogen) atoms. The van der Waals surface area contributed by atoms with Crippen molar-refractivity contribution in [3.8, 4) is 0 Å². The van der Waals surface area contributed by atoms with Gasteiger partial charge in [0, 0.05) is 13.1 Å². The highest BCUT2D eigenvalue weighted by Crippen LogP contribution is 2.01. The lowest BCUT2D eigenvalue weighted by Gasteiger charge is -2.12. The van der Waals surface area contributed by atoms with Gasteiger partial charge in [-0.2, -0.15) is 5.10 Å². The largest absolute Gasteiger partial charge is 0.313 e. The molecule has 0 saturated heterocycles. The molecule has 1 atom stereocenters. The Hall–Kier alpha value is -1.76. The minimum atomic E-state index is -0.146. The van der Waals surface area contributed by atoms with Gasteiger partial charge in [0.25, 0.3) is 5.56 Å². The highest BCUT2D eigenvalue weighted by atomic mass is 16.1. The number of fused-ring (bicyclic) bond motifs is 1. The summed E-state index contributed by atoms with van der Waals surface area (Å²) in [5.74, 6) is 0. The van der Waals surface area contributed by atoms with Crippen LogP contribution in [0.2, 0.25) is 0 Å². The number of nitrogens with one attached hydrogen (secondary N) is 1. The van der Waals surface area contributed by atoms with Crippen LogP contribution in [0.4, 0.5) is 0 Å². The van der Waals surface area contributed by atoms with Crippen molar-refractivity contribution in [3.63, 3.8) is 0 Å². The molecule has 0 spiro atoms. The van der Waals surface area contributed by atoms with Crippen LogP contribution in [0.15, 0.2) is 11.0 Å². The van der Waals surface area contributed by atoms with Crippen LogP contribution in [0, 0.1) is 0 Å². The molecule has 0 fully saturated rings. The topological polar surface area (TPSA) is 77.6 Å². The molecule has 2 aromatic rings. The fraction of sp³-hybridized carbons (Fsp3) is 0.600. The molecule has 7 nitrogen and oxygen atoms in total. The third-order valence-corrected chi connectivity index (χ3v) is 2.62. The number of rotatable bonds is 4. The van der Waals surface area contributed by atoms with Gasteiger partial charge >= 0.3 is 0 Å². The third kappa shape index (κ3) is 2.19. The van der Waals surface area contributed by atoms with Crippen molar-refractivity contribution in [2.24, 2.45) is 7.05 Å². The maximum Gasteiger partial charge on any atom is 0.280 e. The molecule has 0 aromatic carbocycles. The van der Waals surface area contributed by atoms with Gasteiger partial charge in [-0.3, -0.25) is 4.79 Å². The first-order chi connectivity index (χ1) is 8.13. The van der Waals surface area contributed by atoms with Gasteiger partial charge in [0.05, 0.1) is 12.7 Å². The first kappa shape index (κ1) is 11.7. The molecule has 92 valence electrons. The molecule has 0 aliphatic heterocycles. The number of aromatic nitrogens is 5. The number of likely N-dealkylation sites (N-methyl/N-ethyl adjacent to an activating group) is 1. The molecule has 2 heterocycles. The summed E-state index contributed by atoms with van der Waals surface area (Å²) < 4.78 is 2.92. The predicted octanol–water partition coefficient (Wildman–Crippen LogP) is -0.477. The maximum absolute atomic E-state index is 12.1. The van der Waals surface area contributed by atoms with Gasteiger partial charge in [-0.15, -0.1) is 5.10 Å². The van der Waals surface area contributed by atoms with E-state index in [0.717, 1.165) is 6.54 Å². The minimum absolute atomic E-state index is 0.146. The Balaban J connectivity index is 2.36. The second kappa shape index (κ2) is 4.62. The van der Waals surface area contributed by atoms with Gasteiger partial charge in [0.2, 0.25) is 0 Å². The molecular formula is C10H16N6O. The number of hydrogen-bond acceptors (Lipinski definition) is 5. The van der Waals surface area contributed by atoms with Gasteiger partial charge in [0.1, 0.15) is 5.39 Å². The Bertz CT molecular complexity index is 572. The van der Waals surface area contributed by atoms with E-state index in [0.29, 0.717) is 17.6 Å². The number of nitrogens with zero attached hydrogens (tertiary/aromatic N) is 5. The van der Waals surface area contributed by atoms with Crippen LogP contribution < -0.4 is 10.9 Å². The molecule has 0 amide bonds. The van der Waals surface area contributed by atoms with Crippen molar-refractivity contribution in [1.29, 1.82) is 0 Å². The van der Waals surface area contributed by atoms with E-state index >= 15 is 0 Å². The summed E-state index contributed by atoms with van der Waals surface area (Å²) in [6.07, 6.45) is 1.53. The van der Waals surface area contributed by atoms with E-state index in [9.17, 15) is 4.79 Å². The molecule has 7 heteroatoms. The normalized spacial score (nSPS) is 13.1. The Morgan fingerprint density at radius 1 is 1.53 bits per heavy atom. The number of aryl methyl sites for hydroxylation is 1. The molecule has 2 rings (SSSR count). The highest BCUT2D eigenvalue weighted by Gasteiger charge is 2.11. The summed E-state index contributed by atoms with van der Waals surface area (Å²) in [7, 11) is 1.74.